The molecule has 0 spiro atoms. The van der Waals surface area contributed by atoms with E-state index in [4.69, 9.17) is 9.47 Å². The number of esters is 1. The van der Waals surface area contributed by atoms with Crippen LogP contribution in [0.25, 0.3) is 6.08 Å². The average molecular weight is 373 g/mol. The fraction of sp³-hybridized carbons (Fsp3) is 0.0435. The zero-order chi connectivity index (χ0) is 19.8. The first kappa shape index (κ1) is 18.9. The molecule has 28 heavy (non-hydrogen) atoms. The van der Waals surface area contributed by atoms with Gasteiger partial charge in [-0.1, -0.05) is 42.5 Å². The number of hydrogen-bond donors (Lipinski definition) is 1. The minimum atomic E-state index is -0.477. The zero-order valence-corrected chi connectivity index (χ0v) is 15.3. The van der Waals surface area contributed by atoms with Gasteiger partial charge in [-0.25, -0.2) is 4.79 Å². The maximum Gasteiger partial charge on any atom is 0.336 e. The highest BCUT2D eigenvalue weighted by atomic mass is 16.5. The average Bonchev–Trinajstić information content (AvgIpc) is 2.74. The van der Waals surface area contributed by atoms with E-state index < -0.39 is 5.97 Å². The molecule has 0 aliphatic heterocycles. The van der Waals surface area contributed by atoms with E-state index in [-0.39, 0.29) is 5.91 Å². The summed E-state index contributed by atoms with van der Waals surface area (Å²) in [4.78, 5) is 24.3. The number of carbonyl (C=O) groups excluding carboxylic acids is 2. The van der Waals surface area contributed by atoms with E-state index in [0.29, 0.717) is 22.7 Å². The second-order valence-electron chi connectivity index (χ2n) is 5.84. The standard InChI is InChI=1S/C23H19NO4/c1-27-21-10-6-5-9-20(21)23(26)24-18-12-14-19(15-13-18)28-22(25)16-11-17-7-3-2-4-8-17/h2-16H,1H3,(H,24,26)/b16-11+. The third kappa shape index (κ3) is 5.08. The Morgan fingerprint density at radius 2 is 1.54 bits per heavy atom. The molecule has 3 rings (SSSR count). The van der Waals surface area contributed by atoms with Gasteiger partial charge >= 0.3 is 5.97 Å². The van der Waals surface area contributed by atoms with E-state index in [2.05, 4.69) is 5.32 Å². The van der Waals surface area contributed by atoms with Gasteiger partial charge in [-0.2, -0.15) is 0 Å². The summed E-state index contributed by atoms with van der Waals surface area (Å²) in [6.45, 7) is 0. The predicted molar refractivity (Wildman–Crippen MR) is 109 cm³/mol. The van der Waals surface area contributed by atoms with Gasteiger partial charge in [0.15, 0.2) is 0 Å². The highest BCUT2D eigenvalue weighted by Crippen LogP contribution is 2.21. The summed E-state index contributed by atoms with van der Waals surface area (Å²) in [6, 6.07) is 23.0. The Hall–Kier alpha value is -3.86. The second-order valence-corrected chi connectivity index (χ2v) is 5.84. The number of methoxy groups -OCH3 is 1. The van der Waals surface area contributed by atoms with Crippen molar-refractivity contribution in [1.29, 1.82) is 0 Å². The van der Waals surface area contributed by atoms with Crippen LogP contribution in [0.4, 0.5) is 5.69 Å². The van der Waals surface area contributed by atoms with Crippen LogP contribution in [0.2, 0.25) is 0 Å². The summed E-state index contributed by atoms with van der Waals surface area (Å²) >= 11 is 0. The van der Waals surface area contributed by atoms with Crippen molar-refractivity contribution in [2.45, 2.75) is 0 Å². The van der Waals surface area contributed by atoms with Gasteiger partial charge in [0.25, 0.3) is 5.91 Å². The maximum absolute atomic E-state index is 12.4. The molecule has 140 valence electrons. The van der Waals surface area contributed by atoms with Crippen LogP contribution in [0.5, 0.6) is 11.5 Å². The van der Waals surface area contributed by atoms with Gasteiger partial charge in [0, 0.05) is 11.8 Å². The van der Waals surface area contributed by atoms with Crippen LogP contribution in [0, 0.1) is 0 Å². The smallest absolute Gasteiger partial charge is 0.336 e. The van der Waals surface area contributed by atoms with E-state index in [0.717, 1.165) is 5.56 Å². The SMILES string of the molecule is COc1ccccc1C(=O)Nc1ccc(OC(=O)/C=C/c2ccccc2)cc1. The number of rotatable bonds is 6. The fourth-order valence-corrected chi connectivity index (χ4v) is 2.52. The summed E-state index contributed by atoms with van der Waals surface area (Å²) in [7, 11) is 1.52. The number of benzene rings is 3. The molecular formula is C23H19NO4. The molecule has 0 bridgehead atoms. The molecule has 0 aliphatic rings. The van der Waals surface area contributed by atoms with Crippen molar-refractivity contribution in [3.05, 3.63) is 96.1 Å². The summed E-state index contributed by atoms with van der Waals surface area (Å²) < 4.78 is 10.5. The van der Waals surface area contributed by atoms with Crippen LogP contribution >= 0.6 is 0 Å². The molecule has 5 heteroatoms. The van der Waals surface area contributed by atoms with Crippen LogP contribution in [-0.2, 0) is 4.79 Å². The molecule has 0 radical (unpaired) electrons. The van der Waals surface area contributed by atoms with Crippen molar-refractivity contribution in [2.24, 2.45) is 0 Å². The van der Waals surface area contributed by atoms with Gasteiger partial charge < -0.3 is 14.8 Å². The van der Waals surface area contributed by atoms with Gasteiger partial charge in [-0.3, -0.25) is 4.79 Å². The fourth-order valence-electron chi connectivity index (χ4n) is 2.52. The molecule has 0 fully saturated rings. The Labute approximate surface area is 163 Å². The molecule has 0 saturated heterocycles. The molecule has 0 aliphatic carbocycles. The molecule has 3 aromatic carbocycles. The zero-order valence-electron chi connectivity index (χ0n) is 15.3. The lowest BCUT2D eigenvalue weighted by Gasteiger charge is -2.09. The van der Waals surface area contributed by atoms with E-state index in [1.807, 2.05) is 30.3 Å². The van der Waals surface area contributed by atoms with Crippen LogP contribution < -0.4 is 14.8 Å². The first-order chi connectivity index (χ1) is 13.7. The summed E-state index contributed by atoms with van der Waals surface area (Å²) in [6.07, 6.45) is 3.05. The lowest BCUT2D eigenvalue weighted by atomic mass is 10.2. The number of carbonyl (C=O) groups is 2. The number of nitrogens with one attached hydrogen (secondary N) is 1. The minimum Gasteiger partial charge on any atom is -0.496 e. The van der Waals surface area contributed by atoms with Crippen molar-refractivity contribution in [3.63, 3.8) is 0 Å². The van der Waals surface area contributed by atoms with Crippen LogP contribution in [0.3, 0.4) is 0 Å². The summed E-state index contributed by atoms with van der Waals surface area (Å²) in [5, 5.41) is 2.79. The van der Waals surface area contributed by atoms with Crippen molar-refractivity contribution in [3.8, 4) is 11.5 Å². The first-order valence-electron chi connectivity index (χ1n) is 8.65. The topological polar surface area (TPSA) is 64.6 Å². The Morgan fingerprint density at radius 1 is 0.857 bits per heavy atom. The second kappa shape index (κ2) is 9.19. The maximum atomic E-state index is 12.4. The molecule has 0 atom stereocenters. The number of hydrogen-bond acceptors (Lipinski definition) is 4. The molecule has 5 nitrogen and oxygen atoms in total. The first-order valence-corrected chi connectivity index (χ1v) is 8.65. The number of amides is 1. The van der Waals surface area contributed by atoms with Crippen molar-refractivity contribution in [1.82, 2.24) is 0 Å². The van der Waals surface area contributed by atoms with Crippen LogP contribution in [0.1, 0.15) is 15.9 Å². The van der Waals surface area contributed by atoms with Gasteiger partial charge in [-0.15, -0.1) is 0 Å². The number of anilines is 1. The summed E-state index contributed by atoms with van der Waals surface area (Å²) in [5.74, 6) is 0.122. The molecule has 1 amide bonds. The lowest BCUT2D eigenvalue weighted by Crippen LogP contribution is -2.13. The largest absolute Gasteiger partial charge is 0.496 e. The van der Waals surface area contributed by atoms with Crippen molar-refractivity contribution >= 4 is 23.6 Å². The molecule has 0 unspecified atom stereocenters. The monoisotopic (exact) mass is 373 g/mol. The summed E-state index contributed by atoms with van der Waals surface area (Å²) in [5.41, 5.74) is 1.93. The normalized spacial score (nSPS) is 10.5. The molecule has 0 heterocycles. The van der Waals surface area contributed by atoms with E-state index in [1.165, 1.54) is 13.2 Å². The minimum absolute atomic E-state index is 0.284. The van der Waals surface area contributed by atoms with Crippen LogP contribution in [-0.4, -0.2) is 19.0 Å². The highest BCUT2D eigenvalue weighted by molar-refractivity contribution is 6.06. The molecular weight excluding hydrogens is 354 g/mol. The third-order valence-corrected chi connectivity index (χ3v) is 3.89. The van der Waals surface area contributed by atoms with Crippen molar-refractivity contribution < 1.29 is 19.1 Å². The van der Waals surface area contributed by atoms with Gasteiger partial charge in [-0.05, 0) is 48.0 Å². The molecule has 1 N–H and O–H groups in total. The van der Waals surface area contributed by atoms with Gasteiger partial charge in [0.05, 0.1) is 12.7 Å². The Kier molecular flexibility index (Phi) is 6.21. The molecule has 0 saturated carbocycles. The quantitative estimate of drug-likeness (QED) is 0.391. The third-order valence-electron chi connectivity index (χ3n) is 3.89. The van der Waals surface area contributed by atoms with Gasteiger partial charge in [0.1, 0.15) is 11.5 Å². The predicted octanol–water partition coefficient (Wildman–Crippen LogP) is 4.57. The molecule has 0 aromatic heterocycles. The lowest BCUT2D eigenvalue weighted by molar-refractivity contribution is -0.128. The number of ether oxygens (including phenoxy) is 2. The molecule has 3 aromatic rings. The Balaban J connectivity index is 1.59. The van der Waals surface area contributed by atoms with Crippen LogP contribution in [0.15, 0.2) is 84.9 Å². The highest BCUT2D eigenvalue weighted by Gasteiger charge is 2.11. The van der Waals surface area contributed by atoms with Crippen molar-refractivity contribution in [2.75, 3.05) is 12.4 Å². The van der Waals surface area contributed by atoms with E-state index >= 15 is 0 Å². The van der Waals surface area contributed by atoms with E-state index in [9.17, 15) is 9.59 Å². The Bertz CT molecular complexity index is 979. The Morgan fingerprint density at radius 3 is 2.25 bits per heavy atom. The van der Waals surface area contributed by atoms with E-state index in [1.54, 1.807) is 54.6 Å². The van der Waals surface area contributed by atoms with Gasteiger partial charge in [0.2, 0.25) is 0 Å². The number of para-hydroxylation sites is 1.